The third-order valence-corrected chi connectivity index (χ3v) is 5.84. The van der Waals surface area contributed by atoms with Gasteiger partial charge in [0.25, 0.3) is 0 Å². The highest BCUT2D eigenvalue weighted by Gasteiger charge is 2.25. The molecule has 0 bridgehead atoms. The van der Waals surface area contributed by atoms with Crippen LogP contribution in [0.5, 0.6) is 11.5 Å². The first-order chi connectivity index (χ1) is 13.8. The minimum absolute atomic E-state index is 0.456. The molecule has 28 heavy (non-hydrogen) atoms. The van der Waals surface area contributed by atoms with Crippen LogP contribution in [0.3, 0.4) is 0 Å². The summed E-state index contributed by atoms with van der Waals surface area (Å²) in [5.41, 5.74) is 2.44. The van der Waals surface area contributed by atoms with Crippen molar-refractivity contribution < 1.29 is 9.84 Å². The van der Waals surface area contributed by atoms with Gasteiger partial charge in [0, 0.05) is 18.0 Å². The van der Waals surface area contributed by atoms with Crippen LogP contribution in [0.4, 0.5) is 0 Å². The average Bonchev–Trinajstić information content (AvgIpc) is 2.73. The monoisotopic (exact) mass is 375 g/mol. The lowest BCUT2D eigenvalue weighted by molar-refractivity contribution is 0.147. The van der Waals surface area contributed by atoms with Crippen LogP contribution in [0.1, 0.15) is 30.9 Å². The van der Waals surface area contributed by atoms with Crippen molar-refractivity contribution in [1.82, 2.24) is 4.90 Å². The number of ether oxygens (including phenoxy) is 1. The zero-order valence-electron chi connectivity index (χ0n) is 16.6. The van der Waals surface area contributed by atoms with Gasteiger partial charge in [-0.1, -0.05) is 55.5 Å². The Morgan fingerprint density at radius 1 is 1.00 bits per heavy atom. The normalized spacial score (nSPS) is 16.3. The Balaban J connectivity index is 1.42. The van der Waals surface area contributed by atoms with Crippen molar-refractivity contribution >= 4 is 10.8 Å². The molecule has 3 heteroatoms. The smallest absolute Gasteiger partial charge is 0.127 e. The molecule has 0 heterocycles. The molecule has 1 unspecified atom stereocenters. The fourth-order valence-corrected chi connectivity index (χ4v) is 4.44. The molecular weight excluding hydrogens is 346 g/mol. The van der Waals surface area contributed by atoms with Crippen molar-refractivity contribution in [1.29, 1.82) is 0 Å². The highest BCUT2D eigenvalue weighted by atomic mass is 16.5. The van der Waals surface area contributed by atoms with Gasteiger partial charge in [-0.2, -0.15) is 0 Å². The molecule has 0 radical (unpaired) electrons. The minimum atomic E-state index is 0.456. The van der Waals surface area contributed by atoms with E-state index in [4.69, 9.17) is 4.74 Å². The minimum Gasteiger partial charge on any atom is -0.508 e. The summed E-state index contributed by atoms with van der Waals surface area (Å²) in [7, 11) is 0. The van der Waals surface area contributed by atoms with E-state index in [0.717, 1.165) is 50.1 Å². The second-order valence-electron chi connectivity index (χ2n) is 7.67. The van der Waals surface area contributed by atoms with Crippen LogP contribution in [-0.4, -0.2) is 35.7 Å². The lowest BCUT2D eigenvalue weighted by Gasteiger charge is -2.35. The number of benzene rings is 3. The predicted octanol–water partition coefficient (Wildman–Crippen LogP) is 5.19. The van der Waals surface area contributed by atoms with Crippen LogP contribution in [-0.2, 0) is 12.8 Å². The molecule has 0 aromatic heterocycles. The van der Waals surface area contributed by atoms with Crippen LogP contribution in [0, 0.1) is 0 Å². The van der Waals surface area contributed by atoms with Crippen LogP contribution >= 0.6 is 0 Å². The zero-order valence-corrected chi connectivity index (χ0v) is 16.6. The molecule has 1 aliphatic carbocycles. The summed E-state index contributed by atoms with van der Waals surface area (Å²) < 4.78 is 6.19. The van der Waals surface area contributed by atoms with Gasteiger partial charge in [-0.25, -0.2) is 0 Å². The molecule has 3 nitrogen and oxygen atoms in total. The van der Waals surface area contributed by atoms with Gasteiger partial charge in [0.05, 0.1) is 0 Å². The van der Waals surface area contributed by atoms with Crippen LogP contribution in [0.15, 0.2) is 60.7 Å². The Morgan fingerprint density at radius 3 is 2.71 bits per heavy atom. The van der Waals surface area contributed by atoms with Crippen molar-refractivity contribution in [2.24, 2.45) is 0 Å². The van der Waals surface area contributed by atoms with Gasteiger partial charge in [-0.3, -0.25) is 4.90 Å². The molecule has 3 aromatic rings. The highest BCUT2D eigenvalue weighted by molar-refractivity contribution is 5.88. The van der Waals surface area contributed by atoms with Crippen LogP contribution in [0.25, 0.3) is 10.8 Å². The number of phenolic OH excluding ortho intramolecular Hbond substituents is 1. The number of nitrogens with zero attached hydrogens (tertiary/aromatic N) is 1. The topological polar surface area (TPSA) is 32.7 Å². The van der Waals surface area contributed by atoms with E-state index in [9.17, 15) is 5.11 Å². The fraction of sp³-hybridized carbons (Fsp3) is 0.360. The van der Waals surface area contributed by atoms with Crippen molar-refractivity contribution in [3.05, 3.63) is 71.8 Å². The van der Waals surface area contributed by atoms with Gasteiger partial charge in [-0.15, -0.1) is 0 Å². The van der Waals surface area contributed by atoms with E-state index in [1.54, 1.807) is 6.07 Å². The molecule has 0 fully saturated rings. The zero-order chi connectivity index (χ0) is 19.3. The van der Waals surface area contributed by atoms with Gasteiger partial charge in [0.1, 0.15) is 18.1 Å². The summed E-state index contributed by atoms with van der Waals surface area (Å²) >= 11 is 0. The van der Waals surface area contributed by atoms with Gasteiger partial charge >= 0.3 is 0 Å². The first-order valence-electron chi connectivity index (χ1n) is 10.4. The average molecular weight is 376 g/mol. The van der Waals surface area contributed by atoms with Crippen LogP contribution < -0.4 is 4.74 Å². The molecule has 3 aromatic carbocycles. The molecule has 1 atom stereocenters. The van der Waals surface area contributed by atoms with Gasteiger partial charge in [0.2, 0.25) is 0 Å². The van der Waals surface area contributed by atoms with E-state index in [2.05, 4.69) is 60.4 Å². The SMILES string of the molecule is CCCN(CCOc1cccc2ccccc12)C1CCc2c(O)cccc2C1. The quantitative estimate of drug-likeness (QED) is 0.616. The largest absolute Gasteiger partial charge is 0.508 e. The Labute approximate surface area is 167 Å². The summed E-state index contributed by atoms with van der Waals surface area (Å²) in [6.07, 6.45) is 4.20. The maximum absolute atomic E-state index is 10.1. The maximum atomic E-state index is 10.1. The molecule has 1 aliphatic rings. The molecule has 0 aliphatic heterocycles. The molecule has 1 N–H and O–H groups in total. The predicted molar refractivity (Wildman–Crippen MR) is 115 cm³/mol. The molecule has 0 amide bonds. The molecule has 0 spiro atoms. The fourth-order valence-electron chi connectivity index (χ4n) is 4.44. The molecule has 0 saturated heterocycles. The summed E-state index contributed by atoms with van der Waals surface area (Å²) in [5, 5.41) is 12.5. The number of hydrogen-bond donors (Lipinski definition) is 1. The van der Waals surface area contributed by atoms with Crippen LogP contribution in [0.2, 0.25) is 0 Å². The Morgan fingerprint density at radius 2 is 1.82 bits per heavy atom. The highest BCUT2D eigenvalue weighted by Crippen LogP contribution is 2.31. The summed E-state index contributed by atoms with van der Waals surface area (Å²) in [6.45, 7) is 4.94. The standard InChI is InChI=1S/C25H29NO2/c1-2-15-26(21-13-14-22-20(18-21)9-5-11-24(22)27)16-17-28-25-12-6-8-19-7-3-4-10-23(19)25/h3-12,21,27H,2,13-18H2,1H3. The Bertz CT molecular complexity index is 931. The van der Waals surface area contributed by atoms with E-state index in [1.165, 1.54) is 16.3 Å². The lowest BCUT2D eigenvalue weighted by atomic mass is 9.87. The van der Waals surface area contributed by atoms with Crippen molar-refractivity contribution in [2.75, 3.05) is 19.7 Å². The van der Waals surface area contributed by atoms with Gasteiger partial charge in [0.15, 0.2) is 0 Å². The molecule has 4 rings (SSSR count). The number of rotatable bonds is 7. The summed E-state index contributed by atoms with van der Waals surface area (Å²) in [5.74, 6) is 1.42. The molecule has 146 valence electrons. The van der Waals surface area contributed by atoms with E-state index in [-0.39, 0.29) is 0 Å². The number of aromatic hydroxyl groups is 1. The van der Waals surface area contributed by atoms with Gasteiger partial charge < -0.3 is 9.84 Å². The Kier molecular flexibility index (Phi) is 5.82. The third kappa shape index (κ3) is 4.00. The van der Waals surface area contributed by atoms with Gasteiger partial charge in [-0.05, 0) is 60.9 Å². The maximum Gasteiger partial charge on any atom is 0.127 e. The third-order valence-electron chi connectivity index (χ3n) is 5.84. The van der Waals surface area contributed by atoms with E-state index in [1.807, 2.05) is 6.07 Å². The Hall–Kier alpha value is -2.52. The first-order valence-corrected chi connectivity index (χ1v) is 10.4. The number of phenols is 1. The molecular formula is C25H29NO2. The summed E-state index contributed by atoms with van der Waals surface area (Å²) in [6, 6.07) is 21.1. The second-order valence-corrected chi connectivity index (χ2v) is 7.67. The second kappa shape index (κ2) is 8.66. The first kappa shape index (κ1) is 18.8. The van der Waals surface area contributed by atoms with E-state index < -0.39 is 0 Å². The van der Waals surface area contributed by atoms with Crippen molar-refractivity contribution in [3.63, 3.8) is 0 Å². The van der Waals surface area contributed by atoms with Crippen molar-refractivity contribution in [2.45, 2.75) is 38.6 Å². The van der Waals surface area contributed by atoms with E-state index >= 15 is 0 Å². The lowest BCUT2D eigenvalue weighted by Crippen LogP contribution is -2.42. The molecule has 0 saturated carbocycles. The number of hydrogen-bond acceptors (Lipinski definition) is 3. The van der Waals surface area contributed by atoms with Crippen molar-refractivity contribution in [3.8, 4) is 11.5 Å². The summed E-state index contributed by atoms with van der Waals surface area (Å²) in [4.78, 5) is 2.57. The number of fused-ring (bicyclic) bond motifs is 2. The van der Waals surface area contributed by atoms with E-state index in [0.29, 0.717) is 18.4 Å².